The average molecular weight is 287 g/mol. The van der Waals surface area contributed by atoms with E-state index in [-0.39, 0.29) is 12.3 Å². The fourth-order valence-electron chi connectivity index (χ4n) is 1.94. The molecule has 0 saturated carbocycles. The lowest BCUT2D eigenvalue weighted by atomic mass is 10.2. The van der Waals surface area contributed by atoms with Crippen LogP contribution in [-0.2, 0) is 11.3 Å². The predicted molar refractivity (Wildman–Crippen MR) is 76.7 cm³/mol. The van der Waals surface area contributed by atoms with Crippen LogP contribution in [0.25, 0.3) is 10.9 Å². The maximum Gasteiger partial charge on any atom is 0.356 e. The third-order valence-electron chi connectivity index (χ3n) is 2.92. The monoisotopic (exact) mass is 286 g/mol. The van der Waals surface area contributed by atoms with Gasteiger partial charge in [0.05, 0.1) is 10.7 Å². The quantitative estimate of drug-likeness (QED) is 0.749. The van der Waals surface area contributed by atoms with Gasteiger partial charge in [0, 0.05) is 17.1 Å². The van der Waals surface area contributed by atoms with Crippen LogP contribution in [0.2, 0.25) is 5.02 Å². The normalized spacial score (nSPS) is 10.7. The molecule has 1 N–H and O–H groups in total. The summed E-state index contributed by atoms with van der Waals surface area (Å²) in [5, 5.41) is 1.19. The summed E-state index contributed by atoms with van der Waals surface area (Å²) < 4.78 is 5.21. The summed E-state index contributed by atoms with van der Waals surface area (Å²) in [6, 6.07) is 12.9. The van der Waals surface area contributed by atoms with E-state index in [0.717, 1.165) is 10.9 Å². The van der Waals surface area contributed by atoms with Crippen LogP contribution in [0.5, 0.6) is 0 Å². The predicted octanol–water partition coefficient (Wildman–Crippen LogP) is 3.57. The van der Waals surface area contributed by atoms with Crippen molar-refractivity contribution in [3.8, 4) is 0 Å². The van der Waals surface area contributed by atoms with Crippen molar-refractivity contribution in [3.63, 3.8) is 0 Å². The van der Waals surface area contributed by atoms with Gasteiger partial charge in [0.25, 0.3) is 0 Å². The lowest BCUT2D eigenvalue weighted by molar-refractivity contribution is 0.0462. The van der Waals surface area contributed by atoms with Gasteiger partial charge in [-0.1, -0.05) is 35.9 Å². The summed E-state index contributed by atoms with van der Waals surface area (Å²) >= 11 is 6.19. The number of nitrogens with zero attached hydrogens (tertiary/aromatic N) is 1. The van der Waals surface area contributed by atoms with Crippen molar-refractivity contribution >= 4 is 28.5 Å². The van der Waals surface area contributed by atoms with E-state index in [1.54, 1.807) is 18.3 Å². The van der Waals surface area contributed by atoms with E-state index < -0.39 is 5.97 Å². The Morgan fingerprint density at radius 1 is 1.20 bits per heavy atom. The van der Waals surface area contributed by atoms with Crippen molar-refractivity contribution in [1.29, 1.82) is 0 Å². The molecule has 2 heterocycles. The van der Waals surface area contributed by atoms with Crippen molar-refractivity contribution in [2.45, 2.75) is 6.61 Å². The lowest BCUT2D eigenvalue weighted by Crippen LogP contribution is -2.06. The van der Waals surface area contributed by atoms with Gasteiger partial charge in [-0.3, -0.25) is 4.98 Å². The molecule has 0 bridgehead atoms. The summed E-state index contributed by atoms with van der Waals surface area (Å²) in [6.45, 7) is 0.116. The molecule has 2 aromatic heterocycles. The fourth-order valence-corrected chi connectivity index (χ4v) is 2.23. The third-order valence-corrected chi connectivity index (χ3v) is 3.32. The number of carbonyl (C=O) groups is 1. The topological polar surface area (TPSA) is 55.0 Å². The van der Waals surface area contributed by atoms with Crippen LogP contribution < -0.4 is 0 Å². The number of nitrogens with one attached hydrogen (secondary N) is 1. The molecule has 0 fully saturated rings. The highest BCUT2D eigenvalue weighted by Gasteiger charge is 2.17. The Bertz CT molecular complexity index is 753. The minimum atomic E-state index is -0.489. The molecular formula is C15H11ClN2O2. The average Bonchev–Trinajstić information content (AvgIpc) is 2.84. The molecule has 3 rings (SSSR count). The van der Waals surface area contributed by atoms with E-state index in [1.807, 2.05) is 30.3 Å². The Morgan fingerprint density at radius 3 is 2.75 bits per heavy atom. The summed E-state index contributed by atoms with van der Waals surface area (Å²) in [4.78, 5) is 19.1. The molecule has 5 heteroatoms. The molecule has 0 saturated heterocycles. The number of ether oxygens (including phenoxy) is 1. The number of fused-ring (bicyclic) bond motifs is 1. The van der Waals surface area contributed by atoms with Crippen molar-refractivity contribution in [2.75, 3.05) is 0 Å². The number of rotatable bonds is 3. The van der Waals surface area contributed by atoms with Crippen LogP contribution >= 0.6 is 11.6 Å². The third kappa shape index (κ3) is 2.38. The molecule has 0 unspecified atom stereocenters. The van der Waals surface area contributed by atoms with Gasteiger partial charge in [0.1, 0.15) is 12.3 Å². The Balaban J connectivity index is 1.81. The summed E-state index contributed by atoms with van der Waals surface area (Å²) in [6.07, 6.45) is 1.65. The van der Waals surface area contributed by atoms with Crippen LogP contribution in [-0.4, -0.2) is 15.9 Å². The number of H-pyrrole nitrogens is 1. The van der Waals surface area contributed by atoms with Gasteiger partial charge in [-0.05, 0) is 18.2 Å². The Kier molecular flexibility index (Phi) is 3.39. The second-order valence-corrected chi connectivity index (χ2v) is 4.63. The number of esters is 1. The van der Waals surface area contributed by atoms with Crippen molar-refractivity contribution in [1.82, 2.24) is 9.97 Å². The molecule has 1 aromatic carbocycles. The summed E-state index contributed by atoms with van der Waals surface area (Å²) in [5.41, 5.74) is 1.76. The van der Waals surface area contributed by atoms with Crippen LogP contribution in [0, 0.1) is 0 Å². The first kappa shape index (κ1) is 12.7. The van der Waals surface area contributed by atoms with E-state index in [9.17, 15) is 4.79 Å². The van der Waals surface area contributed by atoms with E-state index in [0.29, 0.717) is 10.7 Å². The minimum absolute atomic E-state index is 0.116. The molecule has 0 amide bonds. The van der Waals surface area contributed by atoms with Crippen LogP contribution in [0.4, 0.5) is 0 Å². The number of hydrogen-bond acceptors (Lipinski definition) is 3. The standard InChI is InChI=1S/C15H11ClN2O2/c16-13-11-6-1-2-7-12(11)18-14(13)15(19)20-9-10-5-3-4-8-17-10/h1-8,18H,9H2. The Morgan fingerprint density at radius 2 is 2.00 bits per heavy atom. The number of halogens is 1. The highest BCUT2D eigenvalue weighted by molar-refractivity contribution is 6.38. The first-order valence-electron chi connectivity index (χ1n) is 6.09. The second kappa shape index (κ2) is 5.35. The number of para-hydroxylation sites is 1. The smallest absolute Gasteiger partial charge is 0.356 e. The molecule has 0 spiro atoms. The second-order valence-electron chi connectivity index (χ2n) is 4.26. The van der Waals surface area contributed by atoms with E-state index >= 15 is 0 Å². The fraction of sp³-hybridized carbons (Fsp3) is 0.0667. The minimum Gasteiger partial charge on any atom is -0.454 e. The van der Waals surface area contributed by atoms with Gasteiger partial charge >= 0.3 is 5.97 Å². The van der Waals surface area contributed by atoms with Gasteiger partial charge in [-0.25, -0.2) is 4.79 Å². The molecule has 100 valence electrons. The molecule has 0 aliphatic rings. The number of aromatic amines is 1. The van der Waals surface area contributed by atoms with Crippen LogP contribution in [0.15, 0.2) is 48.7 Å². The zero-order valence-electron chi connectivity index (χ0n) is 10.5. The number of aromatic nitrogens is 2. The summed E-state index contributed by atoms with van der Waals surface area (Å²) in [5.74, 6) is -0.489. The highest BCUT2D eigenvalue weighted by atomic mass is 35.5. The van der Waals surface area contributed by atoms with Gasteiger partial charge in [0.15, 0.2) is 0 Å². The number of benzene rings is 1. The van der Waals surface area contributed by atoms with E-state index in [1.165, 1.54) is 0 Å². The molecule has 0 aliphatic heterocycles. The maximum absolute atomic E-state index is 12.0. The van der Waals surface area contributed by atoms with Crippen molar-refractivity contribution in [3.05, 3.63) is 65.1 Å². The zero-order chi connectivity index (χ0) is 13.9. The lowest BCUT2D eigenvalue weighted by Gasteiger charge is -2.03. The maximum atomic E-state index is 12.0. The molecule has 0 aliphatic carbocycles. The molecule has 3 aromatic rings. The first-order chi connectivity index (χ1) is 9.75. The van der Waals surface area contributed by atoms with E-state index in [2.05, 4.69) is 9.97 Å². The van der Waals surface area contributed by atoms with E-state index in [4.69, 9.17) is 16.3 Å². The van der Waals surface area contributed by atoms with Crippen molar-refractivity contribution in [2.24, 2.45) is 0 Å². The molecule has 20 heavy (non-hydrogen) atoms. The van der Waals surface area contributed by atoms with Gasteiger partial charge in [0.2, 0.25) is 0 Å². The summed E-state index contributed by atoms with van der Waals surface area (Å²) in [7, 11) is 0. The Hall–Kier alpha value is -2.33. The van der Waals surface area contributed by atoms with Crippen LogP contribution in [0.1, 0.15) is 16.2 Å². The zero-order valence-corrected chi connectivity index (χ0v) is 11.2. The number of hydrogen-bond donors (Lipinski definition) is 1. The van der Waals surface area contributed by atoms with Crippen molar-refractivity contribution < 1.29 is 9.53 Å². The SMILES string of the molecule is O=C(OCc1ccccn1)c1[nH]c2ccccc2c1Cl. The van der Waals surface area contributed by atoms with Crippen LogP contribution in [0.3, 0.4) is 0 Å². The van der Waals surface area contributed by atoms with Gasteiger partial charge in [-0.2, -0.15) is 0 Å². The number of pyridine rings is 1. The molecular weight excluding hydrogens is 276 g/mol. The molecule has 4 nitrogen and oxygen atoms in total. The van der Waals surface area contributed by atoms with Gasteiger partial charge in [-0.15, -0.1) is 0 Å². The highest BCUT2D eigenvalue weighted by Crippen LogP contribution is 2.27. The Labute approximate surface area is 120 Å². The molecule has 0 atom stereocenters. The number of carbonyl (C=O) groups excluding carboxylic acids is 1. The molecule has 0 radical (unpaired) electrons. The first-order valence-corrected chi connectivity index (χ1v) is 6.47. The largest absolute Gasteiger partial charge is 0.454 e. The van der Waals surface area contributed by atoms with Gasteiger partial charge < -0.3 is 9.72 Å².